The topological polar surface area (TPSA) is 98.3 Å². The number of carboxylic acids is 1. The first-order valence-electron chi connectivity index (χ1n) is 10.0. The van der Waals surface area contributed by atoms with Gasteiger partial charge in [-0.2, -0.15) is 0 Å². The number of carbonyl (C=O) groups is 3. The van der Waals surface area contributed by atoms with Crippen molar-refractivity contribution in [3.63, 3.8) is 0 Å². The minimum atomic E-state index is -1.39. The second kappa shape index (κ2) is 10.7. The van der Waals surface area contributed by atoms with Gasteiger partial charge in [0.25, 0.3) is 0 Å². The van der Waals surface area contributed by atoms with Gasteiger partial charge in [0.1, 0.15) is 0 Å². The average molecular weight is 415 g/mol. The molecule has 31 heavy (non-hydrogen) atoms. The van der Waals surface area contributed by atoms with E-state index in [0.29, 0.717) is 12.8 Å². The second-order valence-corrected chi connectivity index (χ2v) is 7.15. The van der Waals surface area contributed by atoms with E-state index in [1.165, 1.54) is 18.2 Å². The minimum Gasteiger partial charge on any atom is -0.545 e. The molecule has 0 radical (unpaired) electrons. The predicted octanol–water partition coefficient (Wildman–Crippen LogP) is 3.19. The van der Waals surface area contributed by atoms with Crippen LogP contribution in [-0.2, 0) is 22.4 Å². The van der Waals surface area contributed by atoms with Crippen molar-refractivity contribution in [2.24, 2.45) is 0 Å². The summed E-state index contributed by atoms with van der Waals surface area (Å²) in [5.41, 5.74) is 2.52. The third kappa shape index (κ3) is 7.12. The lowest BCUT2D eigenvalue weighted by Gasteiger charge is -2.13. The van der Waals surface area contributed by atoms with Gasteiger partial charge in [-0.05, 0) is 42.2 Å². The van der Waals surface area contributed by atoms with Gasteiger partial charge in [0.2, 0.25) is 11.8 Å². The number of anilines is 2. The maximum absolute atomic E-state index is 12.3. The summed E-state index contributed by atoms with van der Waals surface area (Å²) in [7, 11) is 0. The fourth-order valence-corrected chi connectivity index (χ4v) is 3.14. The monoisotopic (exact) mass is 415 g/mol. The second-order valence-electron chi connectivity index (χ2n) is 7.15. The molecule has 0 aliphatic rings. The lowest BCUT2D eigenvalue weighted by atomic mass is 10.1. The molecular formula is C25H23N2O4-. The van der Waals surface area contributed by atoms with Gasteiger partial charge in [-0.3, -0.25) is 9.59 Å². The van der Waals surface area contributed by atoms with Crippen LogP contribution in [0.4, 0.5) is 11.4 Å². The van der Waals surface area contributed by atoms with Crippen molar-refractivity contribution in [1.29, 1.82) is 0 Å². The highest BCUT2D eigenvalue weighted by atomic mass is 16.4. The van der Waals surface area contributed by atoms with Crippen molar-refractivity contribution in [1.82, 2.24) is 0 Å². The van der Waals surface area contributed by atoms with E-state index in [9.17, 15) is 19.5 Å². The summed E-state index contributed by atoms with van der Waals surface area (Å²) in [6.07, 6.45) is 1.63. The van der Waals surface area contributed by atoms with Crippen molar-refractivity contribution in [2.75, 3.05) is 10.6 Å². The quantitative estimate of drug-likeness (QED) is 0.561. The van der Waals surface area contributed by atoms with E-state index in [4.69, 9.17) is 0 Å². The van der Waals surface area contributed by atoms with E-state index >= 15 is 0 Å². The van der Waals surface area contributed by atoms with Crippen molar-refractivity contribution in [2.45, 2.75) is 25.7 Å². The molecule has 158 valence electrons. The number of carboxylic acid groups (broad SMARTS) is 1. The highest BCUT2D eigenvalue weighted by Gasteiger charge is 2.09. The van der Waals surface area contributed by atoms with Crippen LogP contribution in [0.25, 0.3) is 0 Å². The molecule has 3 aromatic carbocycles. The Labute approximate surface area is 180 Å². The molecule has 0 unspecified atom stereocenters. The summed E-state index contributed by atoms with van der Waals surface area (Å²) < 4.78 is 0. The lowest BCUT2D eigenvalue weighted by Crippen LogP contribution is -2.23. The van der Waals surface area contributed by atoms with E-state index in [2.05, 4.69) is 10.6 Å². The van der Waals surface area contributed by atoms with E-state index in [1.54, 1.807) is 0 Å². The summed E-state index contributed by atoms with van der Waals surface area (Å²) in [6.45, 7) is 0. The molecule has 0 bridgehead atoms. The van der Waals surface area contributed by atoms with Crippen LogP contribution in [0.1, 0.15) is 34.3 Å². The Kier molecular flexibility index (Phi) is 7.54. The highest BCUT2D eigenvalue weighted by Crippen LogP contribution is 2.20. The van der Waals surface area contributed by atoms with Gasteiger partial charge in [-0.25, -0.2) is 0 Å². The fourth-order valence-electron chi connectivity index (χ4n) is 3.14. The normalized spacial score (nSPS) is 10.3. The summed E-state index contributed by atoms with van der Waals surface area (Å²) in [4.78, 5) is 36.0. The molecule has 3 rings (SSSR count). The molecule has 0 aliphatic heterocycles. The first-order chi connectivity index (χ1) is 15.0. The number of nitrogens with one attached hydrogen (secondary N) is 2. The van der Waals surface area contributed by atoms with Gasteiger partial charge >= 0.3 is 0 Å². The maximum atomic E-state index is 12.3. The molecule has 2 amide bonds. The Balaban J connectivity index is 1.62. The molecule has 0 aliphatic carbocycles. The van der Waals surface area contributed by atoms with Gasteiger partial charge in [-0.15, -0.1) is 0 Å². The van der Waals surface area contributed by atoms with Crippen LogP contribution in [-0.4, -0.2) is 17.8 Å². The standard InChI is InChI=1S/C25H24N2O4/c28-23(13-11-18-7-3-1-4-8-18)26-21-15-20(25(30)31)16-22(17-21)27-24(29)14-12-19-9-5-2-6-10-19/h1-10,15-17H,11-14H2,(H,26,28)(H,27,29)(H,30,31)/p-1. The molecule has 2 N–H and O–H groups in total. The number of rotatable bonds is 9. The number of amides is 2. The third-order valence-corrected chi connectivity index (χ3v) is 4.70. The van der Waals surface area contributed by atoms with Crippen LogP contribution in [0.2, 0.25) is 0 Å². The van der Waals surface area contributed by atoms with Crippen molar-refractivity contribution in [3.8, 4) is 0 Å². The maximum Gasteiger partial charge on any atom is 0.224 e. The Morgan fingerprint density at radius 3 is 1.45 bits per heavy atom. The van der Waals surface area contributed by atoms with Gasteiger partial charge in [0.15, 0.2) is 0 Å². The zero-order chi connectivity index (χ0) is 22.1. The summed E-state index contributed by atoms with van der Waals surface area (Å²) >= 11 is 0. The number of hydrogen-bond acceptors (Lipinski definition) is 4. The predicted molar refractivity (Wildman–Crippen MR) is 118 cm³/mol. The van der Waals surface area contributed by atoms with E-state index in [1.807, 2.05) is 60.7 Å². The number of aryl methyl sites for hydroxylation is 2. The van der Waals surface area contributed by atoms with Crippen LogP contribution in [0, 0.1) is 0 Å². The van der Waals surface area contributed by atoms with Gasteiger partial charge in [0.05, 0.1) is 5.97 Å². The van der Waals surface area contributed by atoms with Crippen LogP contribution in [0.15, 0.2) is 78.9 Å². The SMILES string of the molecule is O=C(CCc1ccccc1)Nc1cc(NC(=O)CCc2ccccc2)cc(C(=O)[O-])c1. The zero-order valence-corrected chi connectivity index (χ0v) is 17.0. The molecular weight excluding hydrogens is 392 g/mol. The minimum absolute atomic E-state index is 0.126. The van der Waals surface area contributed by atoms with Crippen LogP contribution < -0.4 is 15.7 Å². The molecule has 0 saturated carbocycles. The number of hydrogen-bond donors (Lipinski definition) is 2. The van der Waals surface area contributed by atoms with Crippen LogP contribution in [0.3, 0.4) is 0 Å². The lowest BCUT2D eigenvalue weighted by molar-refractivity contribution is -0.255. The summed E-state index contributed by atoms with van der Waals surface area (Å²) in [5, 5.41) is 16.8. The van der Waals surface area contributed by atoms with Gasteiger partial charge in [0, 0.05) is 29.8 Å². The van der Waals surface area contributed by atoms with E-state index < -0.39 is 5.97 Å². The molecule has 0 spiro atoms. The van der Waals surface area contributed by atoms with Crippen molar-refractivity contribution in [3.05, 3.63) is 95.6 Å². The molecule has 6 heteroatoms. The summed E-state index contributed by atoms with van der Waals surface area (Å²) in [5.74, 6) is -1.89. The first-order valence-corrected chi connectivity index (χ1v) is 10.0. The number of aromatic carboxylic acids is 1. The zero-order valence-electron chi connectivity index (χ0n) is 17.0. The fraction of sp³-hybridized carbons (Fsp3) is 0.160. The smallest absolute Gasteiger partial charge is 0.224 e. The Hall–Kier alpha value is -3.93. The summed E-state index contributed by atoms with van der Waals surface area (Å²) in [6, 6.07) is 23.4. The molecule has 0 aromatic heterocycles. The Morgan fingerprint density at radius 2 is 1.06 bits per heavy atom. The molecule has 6 nitrogen and oxygen atoms in total. The first kappa shape index (κ1) is 21.8. The molecule has 0 heterocycles. The Morgan fingerprint density at radius 1 is 0.645 bits per heavy atom. The molecule has 3 aromatic rings. The highest BCUT2D eigenvalue weighted by molar-refractivity contribution is 5.97. The average Bonchev–Trinajstić information content (AvgIpc) is 2.77. The molecule has 0 atom stereocenters. The van der Waals surface area contributed by atoms with E-state index in [-0.39, 0.29) is 41.6 Å². The van der Waals surface area contributed by atoms with Crippen molar-refractivity contribution >= 4 is 29.2 Å². The van der Waals surface area contributed by atoms with Gasteiger partial charge in [-0.1, -0.05) is 60.7 Å². The largest absolute Gasteiger partial charge is 0.545 e. The third-order valence-electron chi connectivity index (χ3n) is 4.70. The molecule has 0 saturated heterocycles. The number of benzene rings is 3. The van der Waals surface area contributed by atoms with Crippen molar-refractivity contribution < 1.29 is 19.5 Å². The van der Waals surface area contributed by atoms with Gasteiger partial charge < -0.3 is 20.5 Å². The number of carbonyl (C=O) groups excluding carboxylic acids is 3. The van der Waals surface area contributed by atoms with E-state index in [0.717, 1.165) is 11.1 Å². The van der Waals surface area contributed by atoms with Crippen LogP contribution >= 0.6 is 0 Å². The van der Waals surface area contributed by atoms with Crippen LogP contribution in [0.5, 0.6) is 0 Å². The molecule has 0 fully saturated rings. The Bertz CT molecular complexity index is 974.